The summed E-state index contributed by atoms with van der Waals surface area (Å²) < 4.78 is 5.12. The number of hydrogen-bond donors (Lipinski definition) is 2. The van der Waals surface area contributed by atoms with Crippen LogP contribution in [0, 0.1) is 0 Å². The third-order valence-electron chi connectivity index (χ3n) is 4.12. The number of amides is 2. The average Bonchev–Trinajstić information content (AvgIpc) is 2.74. The molecule has 0 bridgehead atoms. The minimum atomic E-state index is -1.43. The molecule has 2 N–H and O–H groups in total. The Balaban J connectivity index is 1.69. The fourth-order valence-electron chi connectivity index (χ4n) is 2.67. The number of hydrogen-bond acceptors (Lipinski definition) is 5. The van der Waals surface area contributed by atoms with Gasteiger partial charge in [0.1, 0.15) is 5.75 Å². The molecule has 3 aromatic carbocycles. The van der Waals surface area contributed by atoms with Crippen molar-refractivity contribution in [2.45, 2.75) is 0 Å². The lowest BCUT2D eigenvalue weighted by atomic mass is 10.1. The third kappa shape index (κ3) is 4.78. The van der Waals surface area contributed by atoms with E-state index in [-0.39, 0.29) is 17.0 Å². The Morgan fingerprint density at radius 2 is 1.41 bits per heavy atom. The summed E-state index contributed by atoms with van der Waals surface area (Å²) in [6.07, 6.45) is 0. The standard InChI is InChI=1S/C22H18N2O5/c1-29-17-6-4-5-16(13-17)24-20(25)14-9-11-15(12-10-14)23-21(26)18-7-2-3-8-19(18)22(27)28/h2-13H,1H3,(H,23,26)(H,24,25)(H,27,28)/p-1. The highest BCUT2D eigenvalue weighted by Gasteiger charge is 2.12. The average molecular weight is 389 g/mol. The second kappa shape index (κ2) is 8.71. The van der Waals surface area contributed by atoms with Crippen molar-refractivity contribution in [1.29, 1.82) is 0 Å². The summed E-state index contributed by atoms with van der Waals surface area (Å²) >= 11 is 0. The minimum Gasteiger partial charge on any atom is -0.545 e. The summed E-state index contributed by atoms with van der Waals surface area (Å²) in [6.45, 7) is 0. The van der Waals surface area contributed by atoms with Crippen LogP contribution < -0.4 is 20.5 Å². The Morgan fingerprint density at radius 1 is 0.759 bits per heavy atom. The molecule has 0 fully saturated rings. The van der Waals surface area contributed by atoms with Gasteiger partial charge in [0, 0.05) is 34.1 Å². The van der Waals surface area contributed by atoms with Crippen LogP contribution in [0.1, 0.15) is 31.1 Å². The highest BCUT2D eigenvalue weighted by Crippen LogP contribution is 2.18. The molecule has 0 saturated heterocycles. The van der Waals surface area contributed by atoms with E-state index in [1.807, 2.05) is 0 Å². The zero-order chi connectivity index (χ0) is 20.8. The van der Waals surface area contributed by atoms with E-state index in [1.54, 1.807) is 61.7 Å². The molecule has 0 heterocycles. The van der Waals surface area contributed by atoms with Crippen LogP contribution in [0.5, 0.6) is 5.75 Å². The highest BCUT2D eigenvalue weighted by molar-refractivity contribution is 6.10. The molecule has 3 aromatic rings. The Labute approximate surface area is 166 Å². The monoisotopic (exact) mass is 389 g/mol. The molecule has 0 aliphatic carbocycles. The maximum Gasteiger partial charge on any atom is 0.256 e. The van der Waals surface area contributed by atoms with Crippen LogP contribution in [0.3, 0.4) is 0 Å². The van der Waals surface area contributed by atoms with E-state index in [9.17, 15) is 19.5 Å². The van der Waals surface area contributed by atoms with E-state index in [1.165, 1.54) is 18.2 Å². The number of rotatable bonds is 6. The predicted molar refractivity (Wildman–Crippen MR) is 106 cm³/mol. The molecule has 0 unspecified atom stereocenters. The fourth-order valence-corrected chi connectivity index (χ4v) is 2.67. The lowest BCUT2D eigenvalue weighted by Crippen LogP contribution is -2.26. The molecule has 29 heavy (non-hydrogen) atoms. The molecule has 7 nitrogen and oxygen atoms in total. The Bertz CT molecular complexity index is 1060. The second-order valence-corrected chi connectivity index (χ2v) is 6.05. The number of carbonyl (C=O) groups is 3. The summed E-state index contributed by atoms with van der Waals surface area (Å²) in [5, 5.41) is 16.5. The van der Waals surface area contributed by atoms with Gasteiger partial charge in [0.25, 0.3) is 11.8 Å². The zero-order valence-corrected chi connectivity index (χ0v) is 15.5. The first kappa shape index (κ1) is 19.6. The van der Waals surface area contributed by atoms with Crippen molar-refractivity contribution in [3.8, 4) is 5.75 Å². The van der Waals surface area contributed by atoms with Gasteiger partial charge >= 0.3 is 0 Å². The quantitative estimate of drug-likeness (QED) is 0.674. The van der Waals surface area contributed by atoms with Gasteiger partial charge in [-0.15, -0.1) is 0 Å². The first-order chi connectivity index (χ1) is 14.0. The molecule has 0 radical (unpaired) electrons. The van der Waals surface area contributed by atoms with E-state index in [4.69, 9.17) is 4.74 Å². The number of nitrogens with one attached hydrogen (secondary N) is 2. The van der Waals surface area contributed by atoms with Crippen molar-refractivity contribution in [3.05, 3.63) is 89.5 Å². The molecule has 0 aromatic heterocycles. The van der Waals surface area contributed by atoms with Gasteiger partial charge in [-0.25, -0.2) is 0 Å². The number of ether oxygens (including phenoxy) is 1. The summed E-state index contributed by atoms with van der Waals surface area (Å²) in [7, 11) is 1.54. The smallest absolute Gasteiger partial charge is 0.256 e. The molecular formula is C22H17N2O5-. The highest BCUT2D eigenvalue weighted by atomic mass is 16.5. The lowest BCUT2D eigenvalue weighted by molar-refractivity contribution is -0.255. The van der Waals surface area contributed by atoms with Crippen molar-refractivity contribution >= 4 is 29.2 Å². The van der Waals surface area contributed by atoms with Gasteiger partial charge < -0.3 is 25.3 Å². The van der Waals surface area contributed by atoms with E-state index in [2.05, 4.69) is 10.6 Å². The lowest BCUT2D eigenvalue weighted by Gasteiger charge is -2.11. The van der Waals surface area contributed by atoms with E-state index >= 15 is 0 Å². The fraction of sp³-hybridized carbons (Fsp3) is 0.0455. The normalized spacial score (nSPS) is 10.1. The topological polar surface area (TPSA) is 108 Å². The Hall–Kier alpha value is -4.13. The molecule has 0 aliphatic heterocycles. The number of carboxylic acid groups (broad SMARTS) is 1. The third-order valence-corrected chi connectivity index (χ3v) is 4.12. The van der Waals surface area contributed by atoms with Crippen LogP contribution in [0.4, 0.5) is 11.4 Å². The first-order valence-corrected chi connectivity index (χ1v) is 8.65. The van der Waals surface area contributed by atoms with Crippen LogP contribution in [0.15, 0.2) is 72.8 Å². The number of benzene rings is 3. The van der Waals surface area contributed by atoms with Crippen LogP contribution in [-0.4, -0.2) is 24.9 Å². The van der Waals surface area contributed by atoms with Gasteiger partial charge in [-0.05, 0) is 42.5 Å². The second-order valence-electron chi connectivity index (χ2n) is 6.05. The summed E-state index contributed by atoms with van der Waals surface area (Å²) in [6, 6.07) is 19.0. The summed E-state index contributed by atoms with van der Waals surface area (Å²) in [4.78, 5) is 35.9. The van der Waals surface area contributed by atoms with Crippen LogP contribution in [0.25, 0.3) is 0 Å². The molecule has 0 spiro atoms. The Kier molecular flexibility index (Phi) is 5.89. The van der Waals surface area contributed by atoms with Gasteiger partial charge in [-0.2, -0.15) is 0 Å². The van der Waals surface area contributed by atoms with Gasteiger partial charge in [0.05, 0.1) is 13.1 Å². The number of aromatic carboxylic acids is 1. The van der Waals surface area contributed by atoms with Crippen molar-refractivity contribution in [2.24, 2.45) is 0 Å². The molecular weight excluding hydrogens is 372 g/mol. The molecule has 0 aliphatic rings. The largest absolute Gasteiger partial charge is 0.545 e. The first-order valence-electron chi connectivity index (χ1n) is 8.65. The van der Waals surface area contributed by atoms with E-state index < -0.39 is 11.9 Å². The zero-order valence-electron chi connectivity index (χ0n) is 15.5. The van der Waals surface area contributed by atoms with E-state index in [0.717, 1.165) is 0 Å². The SMILES string of the molecule is COc1cccc(NC(=O)c2ccc(NC(=O)c3ccccc3C(=O)[O-])cc2)c1. The van der Waals surface area contributed by atoms with Crippen LogP contribution >= 0.6 is 0 Å². The van der Waals surface area contributed by atoms with Crippen LogP contribution in [0.2, 0.25) is 0 Å². The van der Waals surface area contributed by atoms with E-state index in [0.29, 0.717) is 22.7 Å². The number of anilines is 2. The van der Waals surface area contributed by atoms with Gasteiger partial charge in [-0.3, -0.25) is 9.59 Å². The maximum atomic E-state index is 12.4. The minimum absolute atomic E-state index is 0.00709. The molecule has 0 atom stereocenters. The van der Waals surface area contributed by atoms with Crippen molar-refractivity contribution in [3.63, 3.8) is 0 Å². The maximum absolute atomic E-state index is 12.4. The number of carbonyl (C=O) groups excluding carboxylic acids is 3. The number of methoxy groups -OCH3 is 1. The van der Waals surface area contributed by atoms with Gasteiger partial charge in [-0.1, -0.05) is 24.3 Å². The molecule has 2 amide bonds. The van der Waals surface area contributed by atoms with Crippen molar-refractivity contribution < 1.29 is 24.2 Å². The Morgan fingerprint density at radius 3 is 2.07 bits per heavy atom. The van der Waals surface area contributed by atoms with Gasteiger partial charge in [0.15, 0.2) is 0 Å². The number of carboxylic acids is 1. The summed E-state index contributed by atoms with van der Waals surface area (Å²) in [5.41, 5.74) is 1.19. The predicted octanol–water partition coefficient (Wildman–Crippen LogP) is 2.56. The van der Waals surface area contributed by atoms with Crippen molar-refractivity contribution in [1.82, 2.24) is 0 Å². The molecule has 7 heteroatoms. The van der Waals surface area contributed by atoms with Crippen LogP contribution in [-0.2, 0) is 0 Å². The van der Waals surface area contributed by atoms with Gasteiger partial charge in [0.2, 0.25) is 0 Å². The molecule has 3 rings (SSSR count). The molecule has 146 valence electrons. The van der Waals surface area contributed by atoms with Crippen molar-refractivity contribution in [2.75, 3.05) is 17.7 Å². The summed E-state index contributed by atoms with van der Waals surface area (Å²) in [5.74, 6) is -1.71. The molecule has 0 saturated carbocycles.